The maximum absolute atomic E-state index is 11.7. The van der Waals surface area contributed by atoms with Crippen molar-refractivity contribution in [2.75, 3.05) is 13.7 Å². The van der Waals surface area contributed by atoms with E-state index in [1.165, 1.54) is 7.11 Å². The van der Waals surface area contributed by atoms with E-state index in [9.17, 15) is 9.90 Å². The molecule has 0 bridgehead atoms. The molecule has 0 aromatic carbocycles. The van der Waals surface area contributed by atoms with Crippen molar-refractivity contribution in [3.8, 4) is 0 Å². The van der Waals surface area contributed by atoms with Gasteiger partial charge in [-0.2, -0.15) is 0 Å². The molecule has 1 aliphatic carbocycles. The van der Waals surface area contributed by atoms with Gasteiger partial charge in [0.15, 0.2) is 11.6 Å². The number of carbonyl (C=O) groups excluding carboxylic acids is 1. The highest BCUT2D eigenvalue weighted by Crippen LogP contribution is 2.40. The van der Waals surface area contributed by atoms with Gasteiger partial charge in [0.25, 0.3) is 0 Å². The van der Waals surface area contributed by atoms with Crippen LogP contribution in [0.5, 0.6) is 0 Å². The van der Waals surface area contributed by atoms with E-state index < -0.39 is 23.6 Å². The van der Waals surface area contributed by atoms with E-state index in [1.54, 1.807) is 0 Å². The van der Waals surface area contributed by atoms with E-state index in [1.807, 2.05) is 13.8 Å². The molecule has 1 aliphatic heterocycles. The molecule has 2 aliphatic rings. The molecule has 5 nitrogen and oxygen atoms in total. The molecule has 0 amide bonds. The van der Waals surface area contributed by atoms with Crippen molar-refractivity contribution in [2.24, 2.45) is 0 Å². The lowest BCUT2D eigenvalue weighted by atomic mass is 9.81. The van der Waals surface area contributed by atoms with Crippen molar-refractivity contribution in [2.45, 2.75) is 50.3 Å². The topological polar surface area (TPSA) is 65.0 Å². The number of ether oxygens (including phenoxy) is 3. The second-order valence-electron chi connectivity index (χ2n) is 5.04. The number of ketones is 1. The summed E-state index contributed by atoms with van der Waals surface area (Å²) in [6.07, 6.45) is -0.862. The number of carbonyl (C=O) groups is 1. The Kier molecular flexibility index (Phi) is 2.82. The number of aliphatic hydroxyl groups is 1. The quantitative estimate of drug-likeness (QED) is 0.699. The van der Waals surface area contributed by atoms with E-state index in [0.29, 0.717) is 13.0 Å². The Bertz CT molecular complexity index is 301. The third-order valence-corrected chi connectivity index (χ3v) is 3.20. The van der Waals surface area contributed by atoms with Crippen LogP contribution in [0.2, 0.25) is 0 Å². The third kappa shape index (κ3) is 2.00. The van der Waals surface area contributed by atoms with Crippen LogP contribution >= 0.6 is 0 Å². The van der Waals surface area contributed by atoms with Crippen LogP contribution < -0.4 is 0 Å². The average molecular weight is 230 g/mol. The molecule has 1 N–H and O–H groups in total. The summed E-state index contributed by atoms with van der Waals surface area (Å²) in [7, 11) is 1.49. The van der Waals surface area contributed by atoms with E-state index in [4.69, 9.17) is 14.2 Å². The molecule has 1 saturated heterocycles. The molecule has 1 saturated carbocycles. The van der Waals surface area contributed by atoms with Gasteiger partial charge in [0.05, 0.1) is 12.7 Å². The van der Waals surface area contributed by atoms with Crippen LogP contribution in [0.4, 0.5) is 0 Å². The molecular weight excluding hydrogens is 212 g/mol. The summed E-state index contributed by atoms with van der Waals surface area (Å²) in [6.45, 7) is 4.01. The van der Waals surface area contributed by atoms with Gasteiger partial charge >= 0.3 is 0 Å². The Morgan fingerprint density at radius 1 is 1.50 bits per heavy atom. The Morgan fingerprint density at radius 2 is 2.19 bits per heavy atom. The van der Waals surface area contributed by atoms with Gasteiger partial charge in [-0.25, -0.2) is 0 Å². The van der Waals surface area contributed by atoms with E-state index in [0.717, 1.165) is 0 Å². The molecule has 0 aromatic heterocycles. The molecule has 0 radical (unpaired) electrons. The number of Topliss-reactive ketones (excluding diaryl/α,β-unsaturated/α-hetero) is 1. The van der Waals surface area contributed by atoms with Gasteiger partial charge in [-0.1, -0.05) is 0 Å². The summed E-state index contributed by atoms with van der Waals surface area (Å²) in [5, 5.41) is 9.64. The molecule has 2 rings (SSSR count). The van der Waals surface area contributed by atoms with Gasteiger partial charge in [0.1, 0.15) is 11.7 Å². The second-order valence-corrected chi connectivity index (χ2v) is 5.04. The summed E-state index contributed by atoms with van der Waals surface area (Å²) in [6, 6.07) is 0. The highest BCUT2D eigenvalue weighted by molar-refractivity contribution is 5.85. The van der Waals surface area contributed by atoms with E-state index >= 15 is 0 Å². The third-order valence-electron chi connectivity index (χ3n) is 3.20. The van der Waals surface area contributed by atoms with Crippen LogP contribution in [0.15, 0.2) is 0 Å². The molecule has 5 heteroatoms. The van der Waals surface area contributed by atoms with Crippen LogP contribution in [0.25, 0.3) is 0 Å². The highest BCUT2D eigenvalue weighted by atomic mass is 16.8. The monoisotopic (exact) mass is 230 g/mol. The zero-order chi connectivity index (χ0) is 12.0. The molecule has 1 spiro atoms. The molecule has 0 unspecified atom stereocenters. The van der Waals surface area contributed by atoms with Gasteiger partial charge in [-0.05, 0) is 13.8 Å². The lowest BCUT2D eigenvalue weighted by molar-refractivity contribution is -0.187. The fraction of sp³-hybridized carbons (Fsp3) is 0.909. The van der Waals surface area contributed by atoms with Crippen molar-refractivity contribution in [1.82, 2.24) is 0 Å². The van der Waals surface area contributed by atoms with Gasteiger partial charge < -0.3 is 19.3 Å². The molecular formula is C11H18O5. The van der Waals surface area contributed by atoms with E-state index in [-0.39, 0.29) is 12.2 Å². The average Bonchev–Trinajstić information content (AvgIpc) is 2.48. The lowest BCUT2D eigenvalue weighted by Crippen LogP contribution is -2.52. The first kappa shape index (κ1) is 12.0. The van der Waals surface area contributed by atoms with Gasteiger partial charge in [0, 0.05) is 20.0 Å². The van der Waals surface area contributed by atoms with Crippen LogP contribution in [-0.4, -0.2) is 48.2 Å². The normalized spacial score (nSPS) is 42.9. The molecule has 0 aromatic rings. The Morgan fingerprint density at radius 3 is 2.69 bits per heavy atom. The molecule has 16 heavy (non-hydrogen) atoms. The maximum atomic E-state index is 11.7. The lowest BCUT2D eigenvalue weighted by Gasteiger charge is -2.38. The first-order chi connectivity index (χ1) is 7.37. The summed E-state index contributed by atoms with van der Waals surface area (Å²) in [5.74, 6) is -0.902. The Labute approximate surface area is 94.7 Å². The minimum atomic E-state index is -1.04. The first-order valence-electron chi connectivity index (χ1n) is 5.45. The zero-order valence-corrected chi connectivity index (χ0v) is 9.86. The van der Waals surface area contributed by atoms with E-state index in [2.05, 4.69) is 0 Å². The van der Waals surface area contributed by atoms with Crippen LogP contribution in [0, 0.1) is 0 Å². The van der Waals surface area contributed by atoms with Crippen molar-refractivity contribution >= 4 is 5.78 Å². The largest absolute Gasteiger partial charge is 0.383 e. The van der Waals surface area contributed by atoms with Gasteiger partial charge in [0.2, 0.25) is 0 Å². The minimum Gasteiger partial charge on any atom is -0.383 e. The molecule has 92 valence electrons. The summed E-state index contributed by atoms with van der Waals surface area (Å²) >= 11 is 0. The SMILES string of the molecule is CO[C@@H]1C[C@]2(COC(C)(C)O2)CC(=O)[C@H]1O. The van der Waals surface area contributed by atoms with Crippen molar-refractivity contribution < 1.29 is 24.1 Å². The van der Waals surface area contributed by atoms with Crippen LogP contribution in [0.3, 0.4) is 0 Å². The molecule has 2 fully saturated rings. The maximum Gasteiger partial charge on any atom is 0.166 e. The summed E-state index contributed by atoms with van der Waals surface area (Å²) in [4.78, 5) is 11.7. The number of aliphatic hydroxyl groups excluding tert-OH is 1. The molecule has 3 atom stereocenters. The number of methoxy groups -OCH3 is 1. The summed E-state index contributed by atoms with van der Waals surface area (Å²) in [5.41, 5.74) is -0.625. The Balaban J connectivity index is 2.16. The van der Waals surface area contributed by atoms with Crippen molar-refractivity contribution in [3.05, 3.63) is 0 Å². The standard InChI is InChI=1S/C11H18O5/c1-10(2)15-6-11(16-10)4-7(12)9(13)8(5-11)14-3/h8-9,13H,4-6H2,1-3H3/t8-,9-,11+/m1/s1. The van der Waals surface area contributed by atoms with Gasteiger partial charge in [-0.3, -0.25) is 4.79 Å². The van der Waals surface area contributed by atoms with Crippen molar-refractivity contribution in [1.29, 1.82) is 0 Å². The number of hydrogen-bond donors (Lipinski definition) is 1. The second kappa shape index (κ2) is 3.77. The zero-order valence-electron chi connectivity index (χ0n) is 9.86. The Hall–Kier alpha value is -0.490. The predicted octanol–water partition coefficient (Wildman–Crippen LogP) is 0.247. The van der Waals surface area contributed by atoms with Crippen LogP contribution in [-0.2, 0) is 19.0 Å². The fourth-order valence-corrected chi connectivity index (χ4v) is 2.47. The first-order valence-corrected chi connectivity index (χ1v) is 5.45. The summed E-state index contributed by atoms with van der Waals surface area (Å²) < 4.78 is 16.4. The smallest absolute Gasteiger partial charge is 0.166 e. The number of hydrogen-bond acceptors (Lipinski definition) is 5. The van der Waals surface area contributed by atoms with Gasteiger partial charge in [-0.15, -0.1) is 0 Å². The molecule has 1 heterocycles. The fourth-order valence-electron chi connectivity index (χ4n) is 2.47. The van der Waals surface area contributed by atoms with Crippen molar-refractivity contribution in [3.63, 3.8) is 0 Å². The highest BCUT2D eigenvalue weighted by Gasteiger charge is 2.53. The predicted molar refractivity (Wildman–Crippen MR) is 54.9 cm³/mol. The minimum absolute atomic E-state index is 0.192. The number of rotatable bonds is 1. The van der Waals surface area contributed by atoms with Crippen LogP contribution in [0.1, 0.15) is 26.7 Å².